The molecule has 0 aliphatic carbocycles. The van der Waals surface area contributed by atoms with Crippen molar-refractivity contribution in [2.24, 2.45) is 0 Å². The van der Waals surface area contributed by atoms with E-state index in [-0.39, 0.29) is 11.6 Å². The predicted octanol–water partition coefficient (Wildman–Crippen LogP) is 2.37. The van der Waals surface area contributed by atoms with Crippen LogP contribution in [0.15, 0.2) is 18.2 Å². The largest absolute Gasteiger partial charge is 0.494 e. The molecule has 0 unspecified atom stereocenters. The van der Waals surface area contributed by atoms with E-state index in [1.165, 1.54) is 13.2 Å². The van der Waals surface area contributed by atoms with Crippen LogP contribution in [0.5, 0.6) is 5.75 Å². The van der Waals surface area contributed by atoms with Crippen LogP contribution in [0.3, 0.4) is 0 Å². The van der Waals surface area contributed by atoms with E-state index in [1.807, 2.05) is 6.92 Å². The first-order valence-electron chi connectivity index (χ1n) is 4.18. The molecule has 0 amide bonds. The third-order valence-corrected chi connectivity index (χ3v) is 1.69. The number of benzene rings is 1. The Morgan fingerprint density at radius 3 is 2.77 bits per heavy atom. The van der Waals surface area contributed by atoms with Gasteiger partial charge in [-0.15, -0.1) is 0 Å². The summed E-state index contributed by atoms with van der Waals surface area (Å²) in [6.07, 6.45) is 0. The summed E-state index contributed by atoms with van der Waals surface area (Å²) in [7, 11) is 1.45. The van der Waals surface area contributed by atoms with Gasteiger partial charge in [0, 0.05) is 6.61 Å². The van der Waals surface area contributed by atoms with Crippen LogP contribution in [0.2, 0.25) is 0 Å². The zero-order valence-corrected chi connectivity index (χ0v) is 7.84. The highest BCUT2D eigenvalue weighted by Crippen LogP contribution is 2.18. The van der Waals surface area contributed by atoms with Gasteiger partial charge in [-0.1, -0.05) is 6.07 Å². The van der Waals surface area contributed by atoms with E-state index in [0.717, 1.165) is 5.56 Å². The Bertz CT molecular complexity index is 274. The van der Waals surface area contributed by atoms with Crippen LogP contribution >= 0.6 is 0 Å². The molecule has 1 aromatic rings. The van der Waals surface area contributed by atoms with Crippen molar-refractivity contribution in [2.45, 2.75) is 13.5 Å². The van der Waals surface area contributed by atoms with Crippen molar-refractivity contribution in [3.05, 3.63) is 29.6 Å². The van der Waals surface area contributed by atoms with Crippen molar-refractivity contribution in [3.8, 4) is 5.75 Å². The van der Waals surface area contributed by atoms with Crippen LogP contribution in [0.25, 0.3) is 0 Å². The average Bonchev–Trinajstić information content (AvgIpc) is 2.16. The molecule has 0 radical (unpaired) electrons. The van der Waals surface area contributed by atoms with E-state index < -0.39 is 0 Å². The number of rotatable bonds is 4. The molecule has 0 fully saturated rings. The van der Waals surface area contributed by atoms with Crippen LogP contribution < -0.4 is 4.74 Å². The van der Waals surface area contributed by atoms with Gasteiger partial charge in [0.05, 0.1) is 13.7 Å². The first-order chi connectivity index (χ1) is 6.27. The van der Waals surface area contributed by atoms with E-state index >= 15 is 0 Å². The van der Waals surface area contributed by atoms with E-state index in [1.54, 1.807) is 12.1 Å². The highest BCUT2D eigenvalue weighted by atomic mass is 19.1. The van der Waals surface area contributed by atoms with Gasteiger partial charge in [-0.3, -0.25) is 0 Å². The van der Waals surface area contributed by atoms with Crippen LogP contribution in [0, 0.1) is 5.82 Å². The minimum Gasteiger partial charge on any atom is -0.494 e. The van der Waals surface area contributed by atoms with E-state index in [2.05, 4.69) is 0 Å². The molecule has 0 aliphatic rings. The number of methoxy groups -OCH3 is 1. The summed E-state index contributed by atoms with van der Waals surface area (Å²) in [6, 6.07) is 4.71. The van der Waals surface area contributed by atoms with Crippen LogP contribution in [-0.2, 0) is 11.3 Å². The summed E-state index contributed by atoms with van der Waals surface area (Å²) >= 11 is 0. The molecule has 1 rings (SSSR count). The molecule has 0 aromatic heterocycles. The monoisotopic (exact) mass is 184 g/mol. The summed E-state index contributed by atoms with van der Waals surface area (Å²) in [5.41, 5.74) is 0.917. The fraction of sp³-hybridized carbons (Fsp3) is 0.400. The topological polar surface area (TPSA) is 18.5 Å². The molecule has 0 spiro atoms. The first kappa shape index (κ1) is 9.99. The van der Waals surface area contributed by atoms with E-state index in [9.17, 15) is 4.39 Å². The predicted molar refractivity (Wildman–Crippen MR) is 48.3 cm³/mol. The Labute approximate surface area is 77.3 Å². The van der Waals surface area contributed by atoms with Crippen LogP contribution in [0.1, 0.15) is 12.5 Å². The SMILES string of the molecule is CCOCc1ccc(F)c(OC)c1. The lowest BCUT2D eigenvalue weighted by Crippen LogP contribution is -1.94. The summed E-state index contributed by atoms with van der Waals surface area (Å²) in [4.78, 5) is 0. The van der Waals surface area contributed by atoms with Crippen molar-refractivity contribution in [3.63, 3.8) is 0 Å². The standard InChI is InChI=1S/C10H13FO2/c1-3-13-7-8-4-5-9(11)10(6-8)12-2/h4-6H,3,7H2,1-2H3. The maximum atomic E-state index is 12.9. The molecule has 13 heavy (non-hydrogen) atoms. The zero-order chi connectivity index (χ0) is 9.68. The average molecular weight is 184 g/mol. The first-order valence-corrected chi connectivity index (χ1v) is 4.18. The zero-order valence-electron chi connectivity index (χ0n) is 7.84. The molecular weight excluding hydrogens is 171 g/mol. The smallest absolute Gasteiger partial charge is 0.165 e. The lowest BCUT2D eigenvalue weighted by molar-refractivity contribution is 0.134. The van der Waals surface area contributed by atoms with Gasteiger partial charge in [-0.05, 0) is 24.6 Å². The molecule has 2 nitrogen and oxygen atoms in total. The van der Waals surface area contributed by atoms with Gasteiger partial charge in [0.15, 0.2) is 11.6 Å². The third kappa shape index (κ3) is 2.70. The fourth-order valence-electron chi connectivity index (χ4n) is 1.01. The second kappa shape index (κ2) is 4.82. The summed E-state index contributed by atoms with van der Waals surface area (Å²) in [5.74, 6) is -0.0834. The van der Waals surface area contributed by atoms with Crippen molar-refractivity contribution in [2.75, 3.05) is 13.7 Å². The summed E-state index contributed by atoms with van der Waals surface area (Å²) in [6.45, 7) is 3.06. The Morgan fingerprint density at radius 2 is 2.15 bits per heavy atom. The fourth-order valence-corrected chi connectivity index (χ4v) is 1.01. The summed E-state index contributed by atoms with van der Waals surface area (Å²) in [5, 5.41) is 0. The minimum absolute atomic E-state index is 0.261. The molecule has 0 saturated carbocycles. The molecule has 0 aliphatic heterocycles. The van der Waals surface area contributed by atoms with Gasteiger partial charge in [-0.25, -0.2) is 4.39 Å². The van der Waals surface area contributed by atoms with Crippen molar-refractivity contribution >= 4 is 0 Å². The molecule has 0 saturated heterocycles. The Kier molecular flexibility index (Phi) is 3.71. The van der Waals surface area contributed by atoms with Gasteiger partial charge >= 0.3 is 0 Å². The Morgan fingerprint density at radius 1 is 1.38 bits per heavy atom. The maximum Gasteiger partial charge on any atom is 0.165 e. The van der Waals surface area contributed by atoms with Gasteiger partial charge in [-0.2, -0.15) is 0 Å². The number of ether oxygens (including phenoxy) is 2. The molecule has 0 N–H and O–H groups in total. The molecule has 3 heteroatoms. The lowest BCUT2D eigenvalue weighted by Gasteiger charge is -2.05. The molecular formula is C10H13FO2. The van der Waals surface area contributed by atoms with Crippen molar-refractivity contribution in [1.82, 2.24) is 0 Å². The second-order valence-corrected chi connectivity index (χ2v) is 2.61. The van der Waals surface area contributed by atoms with Gasteiger partial charge in [0.25, 0.3) is 0 Å². The van der Waals surface area contributed by atoms with Crippen LogP contribution in [-0.4, -0.2) is 13.7 Å². The number of hydrogen-bond acceptors (Lipinski definition) is 2. The Balaban J connectivity index is 2.74. The van der Waals surface area contributed by atoms with Gasteiger partial charge in [0.1, 0.15) is 0 Å². The molecule has 0 bridgehead atoms. The highest BCUT2D eigenvalue weighted by molar-refractivity contribution is 5.29. The summed E-state index contributed by atoms with van der Waals surface area (Å²) < 4.78 is 22.9. The molecule has 72 valence electrons. The highest BCUT2D eigenvalue weighted by Gasteiger charge is 2.02. The lowest BCUT2D eigenvalue weighted by atomic mass is 10.2. The molecule has 1 aromatic carbocycles. The maximum absolute atomic E-state index is 12.9. The van der Waals surface area contributed by atoms with Gasteiger partial charge in [0.2, 0.25) is 0 Å². The second-order valence-electron chi connectivity index (χ2n) is 2.61. The van der Waals surface area contributed by atoms with Crippen LogP contribution in [0.4, 0.5) is 4.39 Å². The van der Waals surface area contributed by atoms with E-state index in [4.69, 9.17) is 9.47 Å². The number of hydrogen-bond donors (Lipinski definition) is 0. The molecule has 0 atom stereocenters. The number of halogens is 1. The normalized spacial score (nSPS) is 10.1. The van der Waals surface area contributed by atoms with E-state index in [0.29, 0.717) is 13.2 Å². The van der Waals surface area contributed by atoms with Crippen molar-refractivity contribution < 1.29 is 13.9 Å². The third-order valence-electron chi connectivity index (χ3n) is 1.69. The van der Waals surface area contributed by atoms with Gasteiger partial charge < -0.3 is 9.47 Å². The quantitative estimate of drug-likeness (QED) is 0.715. The minimum atomic E-state index is -0.345. The van der Waals surface area contributed by atoms with Crippen molar-refractivity contribution in [1.29, 1.82) is 0 Å². The molecule has 0 heterocycles. The Hall–Kier alpha value is -1.09.